The Morgan fingerprint density at radius 1 is 0.833 bits per heavy atom. The molecule has 0 bridgehead atoms. The number of nitrogens with two attached hydrogens (primary N) is 2. The first-order chi connectivity index (χ1) is 17.1. The quantitative estimate of drug-likeness (QED) is 0.326. The highest BCUT2D eigenvalue weighted by atomic mass is 19.1. The Morgan fingerprint density at radius 2 is 1.39 bits per heavy atom. The number of anilines is 1. The summed E-state index contributed by atoms with van der Waals surface area (Å²) in [4.78, 5) is 15.9. The number of benzene rings is 2. The first-order valence-corrected chi connectivity index (χ1v) is 11.3. The predicted molar refractivity (Wildman–Crippen MR) is 133 cm³/mol. The summed E-state index contributed by atoms with van der Waals surface area (Å²) in [6.07, 6.45) is 4.22. The monoisotopic (exact) mass is 497 g/mol. The molecule has 0 fully saturated rings. The average Bonchev–Trinajstić information content (AvgIpc) is 2.84. The van der Waals surface area contributed by atoms with Gasteiger partial charge in [0.2, 0.25) is 0 Å². The lowest BCUT2D eigenvalue weighted by molar-refractivity contribution is 0.102. The summed E-state index contributed by atoms with van der Waals surface area (Å²) < 4.78 is 44.4. The maximum absolute atomic E-state index is 14.8. The van der Waals surface area contributed by atoms with Gasteiger partial charge in [-0.1, -0.05) is 18.2 Å². The van der Waals surface area contributed by atoms with Gasteiger partial charge in [-0.3, -0.25) is 15.6 Å². The normalized spacial score (nSPS) is 15.8. The maximum Gasteiger partial charge on any atom is 0.255 e. The molecule has 0 saturated carbocycles. The van der Waals surface area contributed by atoms with Gasteiger partial charge in [-0.15, -0.1) is 0 Å². The van der Waals surface area contributed by atoms with Crippen LogP contribution in [0.5, 0.6) is 0 Å². The number of hydrogen-bond donors (Lipinski definition) is 5. The fourth-order valence-corrected chi connectivity index (χ4v) is 4.32. The molecule has 11 heteroatoms. The van der Waals surface area contributed by atoms with Gasteiger partial charge in [0.1, 0.15) is 17.5 Å². The Bertz CT molecular complexity index is 1280. The first-order valence-electron chi connectivity index (χ1n) is 11.3. The zero-order valence-electron chi connectivity index (χ0n) is 19.4. The van der Waals surface area contributed by atoms with Gasteiger partial charge >= 0.3 is 0 Å². The molecule has 8 nitrogen and oxygen atoms in total. The molecule has 7 N–H and O–H groups in total. The molecule has 0 atom stereocenters. The van der Waals surface area contributed by atoms with Crippen molar-refractivity contribution in [3.05, 3.63) is 76.6 Å². The van der Waals surface area contributed by atoms with E-state index in [0.29, 0.717) is 43.6 Å². The number of hydrogen-bond acceptors (Lipinski definition) is 3. The number of nitrogens with one attached hydrogen (secondary N) is 3. The summed E-state index contributed by atoms with van der Waals surface area (Å²) in [5, 5.41) is 17.3. The van der Waals surface area contributed by atoms with Gasteiger partial charge in [0, 0.05) is 48.6 Å². The van der Waals surface area contributed by atoms with E-state index in [9.17, 15) is 18.0 Å². The predicted octanol–water partition coefficient (Wildman–Crippen LogP) is 3.32. The van der Waals surface area contributed by atoms with Crippen LogP contribution in [0.25, 0.3) is 11.1 Å². The van der Waals surface area contributed by atoms with Crippen molar-refractivity contribution in [2.75, 3.05) is 31.5 Å². The molecule has 2 aliphatic heterocycles. The maximum atomic E-state index is 14.8. The van der Waals surface area contributed by atoms with E-state index in [1.807, 2.05) is 0 Å². The van der Waals surface area contributed by atoms with Gasteiger partial charge in [-0.05, 0) is 48.3 Å². The molecule has 2 heterocycles. The Hall–Kier alpha value is -4.28. The third kappa shape index (κ3) is 5.19. The van der Waals surface area contributed by atoms with E-state index in [4.69, 9.17) is 22.3 Å². The number of rotatable bonds is 4. The third-order valence-electron chi connectivity index (χ3n) is 6.30. The van der Waals surface area contributed by atoms with Crippen molar-refractivity contribution in [2.24, 2.45) is 11.5 Å². The lowest BCUT2D eigenvalue weighted by Crippen LogP contribution is -2.39. The first kappa shape index (κ1) is 24.8. The smallest absolute Gasteiger partial charge is 0.255 e. The second kappa shape index (κ2) is 10.1. The van der Waals surface area contributed by atoms with Crippen LogP contribution in [0.1, 0.15) is 34.3 Å². The number of carbonyl (C=O) groups is 1. The topological polar surface area (TPSA) is 135 Å². The van der Waals surface area contributed by atoms with E-state index >= 15 is 0 Å². The van der Waals surface area contributed by atoms with Crippen molar-refractivity contribution in [1.82, 2.24) is 9.80 Å². The Kier molecular flexibility index (Phi) is 7.00. The van der Waals surface area contributed by atoms with Crippen LogP contribution < -0.4 is 16.8 Å². The van der Waals surface area contributed by atoms with Gasteiger partial charge in [0.25, 0.3) is 5.91 Å². The molecule has 2 aliphatic rings. The highest BCUT2D eigenvalue weighted by Gasteiger charge is 2.22. The lowest BCUT2D eigenvalue weighted by atomic mass is 9.97. The Morgan fingerprint density at radius 3 is 1.86 bits per heavy atom. The number of guanidine groups is 2. The molecule has 4 rings (SSSR count). The van der Waals surface area contributed by atoms with E-state index in [0.717, 1.165) is 23.8 Å². The van der Waals surface area contributed by atoms with Gasteiger partial charge in [-0.25, -0.2) is 13.2 Å². The molecule has 1 amide bonds. The molecule has 0 radical (unpaired) electrons. The van der Waals surface area contributed by atoms with Crippen LogP contribution in [0.3, 0.4) is 0 Å². The zero-order valence-corrected chi connectivity index (χ0v) is 19.4. The van der Waals surface area contributed by atoms with Crippen LogP contribution in [0.15, 0.2) is 42.5 Å². The van der Waals surface area contributed by atoms with Crippen LogP contribution in [-0.2, 0) is 0 Å². The highest BCUT2D eigenvalue weighted by Crippen LogP contribution is 2.30. The third-order valence-corrected chi connectivity index (χ3v) is 6.30. The molecular formula is C25H26F3N7O. The number of halogens is 3. The SMILES string of the molecule is N=C(N)N1CC=C(c2ccc(C(=O)Nc3cc(F)c(C4=CCN(C(=N)N)CC4)c(F)c3)cc2F)CC1. The summed E-state index contributed by atoms with van der Waals surface area (Å²) in [6.45, 7) is 1.52. The van der Waals surface area contributed by atoms with Crippen LogP contribution >= 0.6 is 0 Å². The molecule has 2 aromatic carbocycles. The molecule has 2 aromatic rings. The van der Waals surface area contributed by atoms with Crippen molar-refractivity contribution in [3.63, 3.8) is 0 Å². The molecule has 0 aliphatic carbocycles. The standard InChI is InChI=1S/C25H26F3N7O/c26-19-11-16(1-2-18(19)14-3-7-34(8-4-14)24(29)30)23(36)33-17-12-20(27)22(21(28)13-17)15-5-9-35(10-6-15)25(31)32/h1-3,5,11-13H,4,6-10H2,(H3,29,30)(H3,31,32)(H,33,36). The Labute approximate surface area is 206 Å². The van der Waals surface area contributed by atoms with Crippen LogP contribution in [0.4, 0.5) is 18.9 Å². The Balaban J connectivity index is 1.48. The van der Waals surface area contributed by atoms with E-state index < -0.39 is 23.4 Å². The minimum absolute atomic E-state index is 0.00206. The zero-order chi connectivity index (χ0) is 26.0. The molecule has 0 spiro atoms. The number of nitrogens with zero attached hydrogens (tertiary/aromatic N) is 2. The summed E-state index contributed by atoms with van der Waals surface area (Å²) in [5.41, 5.74) is 12.2. The largest absolute Gasteiger partial charge is 0.370 e. The molecule has 0 unspecified atom stereocenters. The van der Waals surface area contributed by atoms with E-state index in [-0.39, 0.29) is 35.3 Å². The molecule has 0 aromatic heterocycles. The number of carbonyl (C=O) groups excluding carboxylic acids is 1. The average molecular weight is 498 g/mol. The minimum Gasteiger partial charge on any atom is -0.370 e. The molecule has 188 valence electrons. The highest BCUT2D eigenvalue weighted by molar-refractivity contribution is 6.04. The summed E-state index contributed by atoms with van der Waals surface area (Å²) >= 11 is 0. The molecule has 36 heavy (non-hydrogen) atoms. The van der Waals surface area contributed by atoms with Crippen LogP contribution in [0, 0.1) is 28.3 Å². The van der Waals surface area contributed by atoms with E-state index in [1.54, 1.807) is 22.0 Å². The van der Waals surface area contributed by atoms with Crippen molar-refractivity contribution < 1.29 is 18.0 Å². The van der Waals surface area contributed by atoms with Crippen molar-refractivity contribution in [2.45, 2.75) is 12.8 Å². The van der Waals surface area contributed by atoms with Crippen LogP contribution in [-0.4, -0.2) is 53.8 Å². The lowest BCUT2D eigenvalue weighted by Gasteiger charge is -2.27. The number of amides is 1. The summed E-state index contributed by atoms with van der Waals surface area (Å²) in [5.74, 6) is -3.13. The second-order valence-corrected chi connectivity index (χ2v) is 8.58. The van der Waals surface area contributed by atoms with Gasteiger partial charge in [-0.2, -0.15) is 0 Å². The van der Waals surface area contributed by atoms with E-state index in [2.05, 4.69) is 5.32 Å². The molecular weight excluding hydrogens is 471 g/mol. The second-order valence-electron chi connectivity index (χ2n) is 8.58. The van der Waals surface area contributed by atoms with Crippen molar-refractivity contribution in [1.29, 1.82) is 10.8 Å². The summed E-state index contributed by atoms with van der Waals surface area (Å²) in [7, 11) is 0. The molecule has 0 saturated heterocycles. The van der Waals surface area contributed by atoms with Crippen LogP contribution in [0.2, 0.25) is 0 Å². The fourth-order valence-electron chi connectivity index (χ4n) is 4.32. The van der Waals surface area contributed by atoms with Gasteiger partial charge in [0.05, 0.1) is 0 Å². The van der Waals surface area contributed by atoms with E-state index in [1.165, 1.54) is 12.1 Å². The fraction of sp³-hybridized carbons (Fsp3) is 0.240. The van der Waals surface area contributed by atoms with Gasteiger partial charge in [0.15, 0.2) is 11.9 Å². The minimum atomic E-state index is -0.835. The summed E-state index contributed by atoms with van der Waals surface area (Å²) in [6, 6.07) is 6.06. The van der Waals surface area contributed by atoms with Crippen molar-refractivity contribution >= 4 is 34.7 Å². The van der Waals surface area contributed by atoms with Gasteiger partial charge < -0.3 is 26.6 Å². The van der Waals surface area contributed by atoms with Crippen molar-refractivity contribution in [3.8, 4) is 0 Å².